The molecule has 0 spiro atoms. The molecule has 0 atom stereocenters. The molecule has 4 aromatic carbocycles. The molecule has 2 aliphatic rings. The van der Waals surface area contributed by atoms with Gasteiger partial charge in [-0.05, 0) is 75.5 Å². The molecule has 35 heavy (non-hydrogen) atoms. The lowest BCUT2D eigenvalue weighted by atomic mass is 9.93. The number of hydrogen-bond donors (Lipinski definition) is 0. The zero-order valence-electron chi connectivity index (χ0n) is 18.9. The summed E-state index contributed by atoms with van der Waals surface area (Å²) in [5.41, 5.74) is 15.7. The Morgan fingerprint density at radius 3 is 2.46 bits per heavy atom. The Balaban J connectivity index is 1.44. The van der Waals surface area contributed by atoms with Crippen molar-refractivity contribution in [1.82, 2.24) is 14.4 Å². The average molecular weight is 446 g/mol. The van der Waals surface area contributed by atoms with Gasteiger partial charge >= 0.3 is 0 Å². The summed E-state index contributed by atoms with van der Waals surface area (Å²) in [6, 6.07) is 28.8. The van der Waals surface area contributed by atoms with Crippen molar-refractivity contribution in [3.8, 4) is 22.3 Å². The molecule has 3 heterocycles. The van der Waals surface area contributed by atoms with Crippen LogP contribution in [0.3, 0.4) is 0 Å². The van der Waals surface area contributed by atoms with E-state index in [2.05, 4.69) is 88.2 Å². The maximum Gasteiger partial charge on any atom is 0.146 e. The van der Waals surface area contributed by atoms with Gasteiger partial charge in [-0.1, -0.05) is 60.7 Å². The summed E-state index contributed by atoms with van der Waals surface area (Å²) in [7, 11) is 0. The number of imidazole rings is 1. The minimum Gasteiger partial charge on any atom is -0.290 e. The topological polar surface area (TPSA) is 30.2 Å². The van der Waals surface area contributed by atoms with Gasteiger partial charge in [0, 0.05) is 22.4 Å². The second-order valence-corrected chi connectivity index (χ2v) is 9.80. The fraction of sp³-hybridized carbons (Fsp3) is 0.0625. The zero-order valence-corrected chi connectivity index (χ0v) is 18.9. The molecule has 2 aliphatic carbocycles. The van der Waals surface area contributed by atoms with Crippen molar-refractivity contribution < 1.29 is 0 Å². The molecule has 0 aliphatic heterocycles. The van der Waals surface area contributed by atoms with Crippen molar-refractivity contribution in [3.63, 3.8) is 0 Å². The molecule has 162 valence electrons. The number of rotatable bonds is 0. The van der Waals surface area contributed by atoms with Gasteiger partial charge in [0.05, 0.1) is 22.7 Å². The molecule has 0 fully saturated rings. The molecule has 9 rings (SSSR count). The van der Waals surface area contributed by atoms with Crippen molar-refractivity contribution in [1.29, 1.82) is 0 Å². The van der Waals surface area contributed by atoms with E-state index in [-0.39, 0.29) is 0 Å². The summed E-state index contributed by atoms with van der Waals surface area (Å²) in [4.78, 5) is 9.61. The van der Waals surface area contributed by atoms with E-state index in [4.69, 9.17) is 4.98 Å². The molecule has 0 amide bonds. The van der Waals surface area contributed by atoms with Crippen LogP contribution in [-0.4, -0.2) is 14.4 Å². The Kier molecular flexibility index (Phi) is 3.14. The van der Waals surface area contributed by atoms with Crippen LogP contribution < -0.4 is 0 Å². The van der Waals surface area contributed by atoms with Gasteiger partial charge in [0.2, 0.25) is 0 Å². The first kappa shape index (κ1) is 17.9. The van der Waals surface area contributed by atoms with Crippen molar-refractivity contribution in [3.05, 3.63) is 114 Å². The molecule has 3 heteroatoms. The Morgan fingerprint density at radius 1 is 0.629 bits per heavy atom. The highest BCUT2D eigenvalue weighted by molar-refractivity contribution is 6.20. The van der Waals surface area contributed by atoms with Gasteiger partial charge in [0.25, 0.3) is 0 Å². The van der Waals surface area contributed by atoms with Crippen molar-refractivity contribution in [2.75, 3.05) is 0 Å². The first-order valence-corrected chi connectivity index (χ1v) is 12.2. The molecule has 0 bridgehead atoms. The van der Waals surface area contributed by atoms with Gasteiger partial charge in [-0.3, -0.25) is 9.38 Å². The SMILES string of the molecule is c1ccc2c(c1)Cc1c-2ccc2c1Cc1ccc3c(c1-2)c1ccncc1n1c2ccccc2nc31. The summed E-state index contributed by atoms with van der Waals surface area (Å²) in [5.74, 6) is 0. The van der Waals surface area contributed by atoms with Crippen LogP contribution in [0.5, 0.6) is 0 Å². The summed E-state index contributed by atoms with van der Waals surface area (Å²) < 4.78 is 2.28. The predicted octanol–water partition coefficient (Wildman–Crippen LogP) is 7.33. The predicted molar refractivity (Wildman–Crippen MR) is 142 cm³/mol. The van der Waals surface area contributed by atoms with Crippen LogP contribution in [0, 0.1) is 0 Å². The van der Waals surface area contributed by atoms with Crippen molar-refractivity contribution >= 4 is 38.4 Å². The lowest BCUT2D eigenvalue weighted by Crippen LogP contribution is -1.94. The fourth-order valence-corrected chi connectivity index (χ4v) is 6.69. The molecule has 7 aromatic rings. The molecular formula is C32H19N3. The smallest absolute Gasteiger partial charge is 0.146 e. The molecular weight excluding hydrogens is 426 g/mol. The minimum atomic E-state index is 0.992. The Labute approximate surface area is 201 Å². The quantitative estimate of drug-likeness (QED) is 0.229. The zero-order chi connectivity index (χ0) is 22.7. The van der Waals surface area contributed by atoms with Crippen LogP contribution in [-0.2, 0) is 12.8 Å². The highest BCUT2D eigenvalue weighted by Gasteiger charge is 2.30. The second kappa shape index (κ2) is 6.13. The standard InChI is InChI=1S/C32H19N3/c1-2-6-20-18(5-1)15-25-21(20)11-12-22-26(25)16-19-9-10-24-31(30(19)22)23-13-14-33-17-29(23)35-28-8-4-3-7-27(28)34-32(24)35/h1-14,17H,15-16H2. The highest BCUT2D eigenvalue weighted by atomic mass is 15.0. The van der Waals surface area contributed by atoms with E-state index in [0.29, 0.717) is 0 Å². The summed E-state index contributed by atoms with van der Waals surface area (Å²) in [6.45, 7) is 0. The van der Waals surface area contributed by atoms with Crippen LogP contribution in [0.25, 0.3) is 60.6 Å². The van der Waals surface area contributed by atoms with Gasteiger partial charge in [0.1, 0.15) is 5.65 Å². The van der Waals surface area contributed by atoms with Crippen LogP contribution >= 0.6 is 0 Å². The number of aromatic nitrogens is 3. The minimum absolute atomic E-state index is 0.992. The van der Waals surface area contributed by atoms with Gasteiger partial charge in [-0.2, -0.15) is 0 Å². The van der Waals surface area contributed by atoms with E-state index in [9.17, 15) is 0 Å². The number of benzene rings is 4. The third kappa shape index (κ3) is 2.12. The van der Waals surface area contributed by atoms with Gasteiger partial charge in [-0.15, -0.1) is 0 Å². The van der Waals surface area contributed by atoms with Gasteiger partial charge in [0.15, 0.2) is 0 Å². The Morgan fingerprint density at radius 2 is 1.46 bits per heavy atom. The molecule has 0 saturated carbocycles. The summed E-state index contributed by atoms with van der Waals surface area (Å²) in [5, 5.41) is 3.74. The van der Waals surface area contributed by atoms with E-state index < -0.39 is 0 Å². The van der Waals surface area contributed by atoms with Gasteiger partial charge < -0.3 is 0 Å². The number of para-hydroxylation sites is 2. The van der Waals surface area contributed by atoms with E-state index in [1.807, 2.05) is 12.4 Å². The first-order chi connectivity index (χ1) is 17.4. The lowest BCUT2D eigenvalue weighted by molar-refractivity contribution is 1.16. The molecule has 0 unspecified atom stereocenters. The first-order valence-electron chi connectivity index (χ1n) is 12.2. The van der Waals surface area contributed by atoms with E-state index in [1.54, 1.807) is 0 Å². The molecule has 3 aromatic heterocycles. The molecule has 0 radical (unpaired) electrons. The van der Waals surface area contributed by atoms with Crippen molar-refractivity contribution in [2.24, 2.45) is 0 Å². The average Bonchev–Trinajstić information content (AvgIpc) is 3.59. The van der Waals surface area contributed by atoms with E-state index in [0.717, 1.165) is 35.0 Å². The van der Waals surface area contributed by atoms with Crippen LogP contribution in [0.15, 0.2) is 91.3 Å². The second-order valence-electron chi connectivity index (χ2n) is 9.80. The normalized spacial score (nSPS) is 13.5. The largest absolute Gasteiger partial charge is 0.290 e. The molecule has 3 nitrogen and oxygen atoms in total. The summed E-state index contributed by atoms with van der Waals surface area (Å²) >= 11 is 0. The molecule has 0 saturated heterocycles. The lowest BCUT2D eigenvalue weighted by Gasteiger charge is -2.13. The third-order valence-electron chi connectivity index (χ3n) is 8.15. The Hall–Kier alpha value is -4.50. The van der Waals surface area contributed by atoms with E-state index in [1.165, 1.54) is 60.7 Å². The maximum absolute atomic E-state index is 5.10. The van der Waals surface area contributed by atoms with E-state index >= 15 is 0 Å². The van der Waals surface area contributed by atoms with Crippen molar-refractivity contribution in [2.45, 2.75) is 12.8 Å². The molecule has 0 N–H and O–H groups in total. The third-order valence-corrected chi connectivity index (χ3v) is 8.15. The van der Waals surface area contributed by atoms with Gasteiger partial charge in [-0.25, -0.2) is 4.98 Å². The van der Waals surface area contributed by atoms with Crippen LogP contribution in [0.2, 0.25) is 0 Å². The number of fused-ring (bicyclic) bond motifs is 16. The Bertz CT molecular complexity index is 2060. The van der Waals surface area contributed by atoms with Crippen LogP contribution in [0.4, 0.5) is 0 Å². The number of pyridine rings is 2. The van der Waals surface area contributed by atoms with Crippen LogP contribution in [0.1, 0.15) is 22.3 Å². The fourth-order valence-electron chi connectivity index (χ4n) is 6.69. The highest BCUT2D eigenvalue weighted by Crippen LogP contribution is 2.50. The number of nitrogens with zero attached hydrogens (tertiary/aromatic N) is 3. The number of hydrogen-bond acceptors (Lipinski definition) is 2. The maximum atomic E-state index is 5.10. The summed E-state index contributed by atoms with van der Waals surface area (Å²) in [6.07, 6.45) is 5.93. The monoisotopic (exact) mass is 445 g/mol.